The molecule has 0 saturated carbocycles. The molecule has 0 radical (unpaired) electrons. The smallest absolute Gasteiger partial charge is 0.368 e. The topological polar surface area (TPSA) is 95.9 Å². The number of aromatic nitrogens is 4. The van der Waals surface area contributed by atoms with Crippen molar-refractivity contribution in [3.8, 4) is 0 Å². The summed E-state index contributed by atoms with van der Waals surface area (Å²) in [5.41, 5.74) is 5.26. The lowest BCUT2D eigenvalue weighted by Crippen LogP contribution is -2.33. The van der Waals surface area contributed by atoms with Gasteiger partial charge in [0.05, 0.1) is 6.20 Å². The molecule has 0 fully saturated rings. The fraction of sp³-hybridized carbons (Fsp3) is 0.143. The van der Waals surface area contributed by atoms with Gasteiger partial charge in [0.1, 0.15) is 11.8 Å². The maximum absolute atomic E-state index is 12.0. The number of rotatable bonds is 1. The molecular weight excluding hydrogens is 243 g/mol. The van der Waals surface area contributed by atoms with E-state index in [1.54, 1.807) is 0 Å². The monoisotopic (exact) mass is 247 g/mol. The van der Waals surface area contributed by atoms with Crippen molar-refractivity contribution >= 4 is 23.1 Å². The highest BCUT2D eigenvalue weighted by Gasteiger charge is 2.42. The Morgan fingerprint density at radius 3 is 2.76 bits per heavy atom. The van der Waals surface area contributed by atoms with E-state index in [0.717, 1.165) is 6.33 Å². The molecule has 2 N–H and O–H groups in total. The Morgan fingerprint density at radius 2 is 2.12 bits per heavy atom. The minimum atomic E-state index is -5.10. The van der Waals surface area contributed by atoms with E-state index in [1.165, 1.54) is 6.20 Å². The van der Waals surface area contributed by atoms with Gasteiger partial charge in [-0.2, -0.15) is 18.2 Å². The van der Waals surface area contributed by atoms with E-state index in [9.17, 15) is 18.0 Å². The molecule has 7 nitrogen and oxygen atoms in total. The summed E-state index contributed by atoms with van der Waals surface area (Å²) < 4.78 is 36.3. The average molecular weight is 247 g/mol. The van der Waals surface area contributed by atoms with Gasteiger partial charge in [-0.15, -0.1) is 4.73 Å². The number of nitrogens with zero attached hydrogens (tertiary/aromatic N) is 4. The van der Waals surface area contributed by atoms with Crippen LogP contribution in [0.25, 0.3) is 11.2 Å². The molecule has 2 aromatic heterocycles. The fourth-order valence-corrected chi connectivity index (χ4v) is 1.01. The van der Waals surface area contributed by atoms with Gasteiger partial charge in [0.2, 0.25) is 11.6 Å². The van der Waals surface area contributed by atoms with Crippen LogP contribution in [0.1, 0.15) is 0 Å². The van der Waals surface area contributed by atoms with E-state index in [4.69, 9.17) is 5.73 Å². The molecule has 2 rings (SSSR count). The Bertz CT molecular complexity index is 578. The highest BCUT2D eigenvalue weighted by molar-refractivity contribution is 5.77. The second-order valence-corrected chi connectivity index (χ2v) is 2.88. The molecular formula is C7H4F3N5O2. The number of alkyl halides is 3. The largest absolute Gasteiger partial charge is 0.493 e. The molecule has 0 atom stereocenters. The molecule has 0 aliphatic heterocycles. The maximum atomic E-state index is 12.0. The molecule has 0 aromatic carbocycles. The number of fused-ring (bicyclic) bond motifs is 1. The van der Waals surface area contributed by atoms with Gasteiger partial charge in [-0.1, -0.05) is 0 Å². The third-order valence-corrected chi connectivity index (χ3v) is 1.69. The molecule has 0 spiro atoms. The van der Waals surface area contributed by atoms with Gasteiger partial charge < -0.3 is 10.6 Å². The van der Waals surface area contributed by atoms with E-state index in [-0.39, 0.29) is 17.1 Å². The summed E-state index contributed by atoms with van der Waals surface area (Å²) in [5.74, 6) is -2.56. The number of imidazole rings is 1. The van der Waals surface area contributed by atoms with Crippen LogP contribution in [0.5, 0.6) is 0 Å². The predicted octanol–water partition coefficient (Wildman–Crippen LogP) is -0.0740. The van der Waals surface area contributed by atoms with Crippen LogP contribution < -0.4 is 10.6 Å². The van der Waals surface area contributed by atoms with Gasteiger partial charge in [-0.25, -0.2) is 14.8 Å². The molecule has 0 unspecified atom stereocenters. The molecule has 0 aliphatic carbocycles. The summed E-state index contributed by atoms with van der Waals surface area (Å²) in [6.07, 6.45) is -3.05. The maximum Gasteiger partial charge on any atom is 0.493 e. The number of nitrogen functional groups attached to an aromatic ring is 1. The van der Waals surface area contributed by atoms with Gasteiger partial charge in [-0.3, -0.25) is 0 Å². The van der Waals surface area contributed by atoms with Crippen molar-refractivity contribution in [2.75, 3.05) is 5.73 Å². The van der Waals surface area contributed by atoms with Crippen LogP contribution in [0, 0.1) is 0 Å². The predicted molar refractivity (Wildman–Crippen MR) is 47.4 cm³/mol. The molecule has 17 heavy (non-hydrogen) atoms. The lowest BCUT2D eigenvalue weighted by molar-refractivity contribution is -0.199. The van der Waals surface area contributed by atoms with Crippen molar-refractivity contribution in [3.05, 3.63) is 12.5 Å². The molecule has 2 aromatic rings. The quantitative estimate of drug-likeness (QED) is 0.757. The van der Waals surface area contributed by atoms with E-state index < -0.39 is 12.1 Å². The van der Waals surface area contributed by atoms with Crippen LogP contribution in [0.3, 0.4) is 0 Å². The van der Waals surface area contributed by atoms with Crippen LogP contribution >= 0.6 is 0 Å². The summed E-state index contributed by atoms with van der Waals surface area (Å²) >= 11 is 0. The number of carbonyl (C=O) groups excluding carboxylic acids is 1. The molecule has 0 amide bonds. The van der Waals surface area contributed by atoms with E-state index >= 15 is 0 Å². The first kappa shape index (κ1) is 11.1. The summed E-state index contributed by atoms with van der Waals surface area (Å²) in [5, 5.41) is 0. The van der Waals surface area contributed by atoms with Crippen LogP contribution in [0.2, 0.25) is 0 Å². The van der Waals surface area contributed by atoms with Crippen LogP contribution in [-0.4, -0.2) is 31.8 Å². The molecule has 0 bridgehead atoms. The first-order chi connectivity index (χ1) is 7.88. The molecule has 0 saturated heterocycles. The highest BCUT2D eigenvalue weighted by Crippen LogP contribution is 2.16. The van der Waals surface area contributed by atoms with Crippen molar-refractivity contribution in [2.24, 2.45) is 0 Å². The third-order valence-electron chi connectivity index (χ3n) is 1.69. The highest BCUT2D eigenvalue weighted by atomic mass is 19.4. The summed E-state index contributed by atoms with van der Waals surface area (Å²) in [6, 6.07) is 0. The van der Waals surface area contributed by atoms with E-state index in [0.29, 0.717) is 4.73 Å². The van der Waals surface area contributed by atoms with Crippen LogP contribution in [0.4, 0.5) is 19.1 Å². The average Bonchev–Trinajstić information content (AvgIpc) is 2.60. The number of hydrogen-bond donors (Lipinski definition) is 1. The molecule has 90 valence electrons. The zero-order valence-electron chi connectivity index (χ0n) is 7.97. The molecule has 0 aliphatic rings. The van der Waals surface area contributed by atoms with Crippen molar-refractivity contribution in [1.29, 1.82) is 0 Å². The normalized spacial score (nSPS) is 11.7. The minimum Gasteiger partial charge on any atom is -0.368 e. The van der Waals surface area contributed by atoms with Crippen molar-refractivity contribution in [2.45, 2.75) is 6.18 Å². The Kier molecular flexibility index (Phi) is 2.33. The number of hydrogen-bond acceptors (Lipinski definition) is 6. The zero-order valence-corrected chi connectivity index (χ0v) is 7.97. The van der Waals surface area contributed by atoms with E-state index in [2.05, 4.69) is 19.8 Å². The van der Waals surface area contributed by atoms with Gasteiger partial charge in [0, 0.05) is 0 Å². The standard InChI is InChI=1S/C7H4F3N5O2/c8-7(9,10)5(16)17-15-2-13-3-1-12-6(11)14-4(3)15/h1-2H,(H2,11,12,14). The van der Waals surface area contributed by atoms with Crippen LogP contribution in [-0.2, 0) is 4.79 Å². The van der Waals surface area contributed by atoms with Crippen molar-refractivity contribution in [1.82, 2.24) is 19.7 Å². The summed E-state index contributed by atoms with van der Waals surface area (Å²) in [6.45, 7) is 0. The van der Waals surface area contributed by atoms with Gasteiger partial charge >= 0.3 is 12.1 Å². The third kappa shape index (κ3) is 2.09. The summed E-state index contributed by atoms with van der Waals surface area (Å²) in [7, 11) is 0. The van der Waals surface area contributed by atoms with Crippen molar-refractivity contribution in [3.63, 3.8) is 0 Å². The first-order valence-corrected chi connectivity index (χ1v) is 4.13. The van der Waals surface area contributed by atoms with Gasteiger partial charge in [0.25, 0.3) is 0 Å². The van der Waals surface area contributed by atoms with Crippen molar-refractivity contribution < 1.29 is 22.8 Å². The number of anilines is 1. The first-order valence-electron chi connectivity index (χ1n) is 4.13. The minimum absolute atomic E-state index is 0.130. The van der Waals surface area contributed by atoms with Gasteiger partial charge in [0.15, 0.2) is 0 Å². The lowest BCUT2D eigenvalue weighted by atomic mass is 10.6. The van der Waals surface area contributed by atoms with Crippen LogP contribution in [0.15, 0.2) is 12.5 Å². The summed E-state index contributed by atoms with van der Waals surface area (Å²) in [4.78, 5) is 25.4. The lowest BCUT2D eigenvalue weighted by Gasteiger charge is -2.06. The Hall–Kier alpha value is -2.39. The Labute approximate surface area is 91.0 Å². The zero-order chi connectivity index (χ0) is 12.6. The molecule has 2 heterocycles. The number of halogens is 3. The number of carbonyl (C=O) groups is 1. The SMILES string of the molecule is Nc1ncc2ncn(OC(=O)C(F)(F)F)c2n1. The second-order valence-electron chi connectivity index (χ2n) is 2.88. The second kappa shape index (κ2) is 3.57. The van der Waals surface area contributed by atoms with E-state index in [1.807, 2.05) is 0 Å². The Morgan fingerprint density at radius 1 is 1.41 bits per heavy atom. The molecule has 10 heteroatoms. The Balaban J connectivity index is 2.37. The van der Waals surface area contributed by atoms with Gasteiger partial charge in [-0.05, 0) is 0 Å². The number of nitrogens with two attached hydrogens (primary N) is 1. The fourth-order valence-electron chi connectivity index (χ4n) is 1.01.